The molecule has 0 aromatic heterocycles. The van der Waals surface area contributed by atoms with Gasteiger partial charge in [-0.15, -0.1) is 0 Å². The summed E-state index contributed by atoms with van der Waals surface area (Å²) in [4.78, 5) is 0. The molecule has 1 heteroatoms. The number of hydrogen-bond acceptors (Lipinski definition) is 0. The maximum absolute atomic E-state index is 2.55. The number of benzene rings is 2. The standard InChI is InChI=1S/C28H38Si/c1-9-24-16-25(10-2)18-27(17-24)29(19(3)4,26-14-12-11-13-15-26)28-22(7)20(5)21(6)23(28)8/h11-19,22H,9-10H2,1-8H3. The van der Waals surface area contributed by atoms with Gasteiger partial charge in [0.05, 0.1) is 0 Å². The van der Waals surface area contributed by atoms with E-state index in [-0.39, 0.29) is 0 Å². The molecule has 0 fully saturated rings. The highest BCUT2D eigenvalue weighted by Gasteiger charge is 2.48. The van der Waals surface area contributed by atoms with Gasteiger partial charge in [-0.1, -0.05) is 99.5 Å². The normalized spacial score (nSPS) is 19.3. The molecule has 0 amide bonds. The highest BCUT2D eigenvalue weighted by atomic mass is 28.3. The third-order valence-corrected chi connectivity index (χ3v) is 13.3. The van der Waals surface area contributed by atoms with Crippen LogP contribution in [-0.2, 0) is 12.8 Å². The zero-order chi connectivity index (χ0) is 21.3. The Balaban J connectivity index is 2.44. The summed E-state index contributed by atoms with van der Waals surface area (Å²) in [5.74, 6) is 0.527. The predicted molar refractivity (Wildman–Crippen MR) is 132 cm³/mol. The van der Waals surface area contributed by atoms with Crippen molar-refractivity contribution in [2.75, 3.05) is 0 Å². The second-order valence-electron chi connectivity index (χ2n) is 9.14. The fraction of sp³-hybridized carbons (Fsp3) is 0.429. The Morgan fingerprint density at radius 1 is 0.793 bits per heavy atom. The summed E-state index contributed by atoms with van der Waals surface area (Å²) in [6.07, 6.45) is 2.20. The molecule has 2 unspecified atom stereocenters. The summed E-state index contributed by atoms with van der Waals surface area (Å²) in [5.41, 5.74) is 8.19. The summed E-state index contributed by atoms with van der Waals surface area (Å²) in [7, 11) is -2.16. The first-order chi connectivity index (χ1) is 13.8. The van der Waals surface area contributed by atoms with E-state index in [0.717, 1.165) is 12.8 Å². The highest BCUT2D eigenvalue weighted by Crippen LogP contribution is 2.44. The summed E-state index contributed by atoms with van der Waals surface area (Å²) in [6.45, 7) is 19.0. The van der Waals surface area contributed by atoms with Gasteiger partial charge in [0.25, 0.3) is 0 Å². The molecule has 1 aliphatic rings. The molecule has 0 saturated heterocycles. The van der Waals surface area contributed by atoms with Gasteiger partial charge in [-0.05, 0) is 72.1 Å². The van der Waals surface area contributed by atoms with E-state index in [4.69, 9.17) is 0 Å². The van der Waals surface area contributed by atoms with Crippen molar-refractivity contribution in [1.82, 2.24) is 0 Å². The summed E-state index contributed by atoms with van der Waals surface area (Å²) in [6, 6.07) is 19.0. The Labute approximate surface area is 179 Å². The monoisotopic (exact) mass is 402 g/mol. The zero-order valence-corrected chi connectivity index (χ0v) is 20.7. The number of allylic oxidation sites excluding steroid dienone is 4. The fourth-order valence-electron chi connectivity index (χ4n) is 5.56. The Bertz CT molecular complexity index is 923. The van der Waals surface area contributed by atoms with E-state index in [0.29, 0.717) is 11.5 Å². The molecule has 29 heavy (non-hydrogen) atoms. The molecule has 1 aliphatic carbocycles. The molecule has 2 aromatic rings. The van der Waals surface area contributed by atoms with E-state index in [1.807, 2.05) is 0 Å². The molecule has 0 saturated carbocycles. The molecule has 0 spiro atoms. The lowest BCUT2D eigenvalue weighted by Gasteiger charge is -2.42. The first-order valence-corrected chi connectivity index (χ1v) is 13.4. The number of rotatable bonds is 6. The molecule has 2 atom stereocenters. The average Bonchev–Trinajstić information content (AvgIpc) is 2.92. The molecule has 0 heterocycles. The summed E-state index contributed by atoms with van der Waals surface area (Å²) >= 11 is 0. The van der Waals surface area contributed by atoms with Crippen LogP contribution in [0.3, 0.4) is 0 Å². The van der Waals surface area contributed by atoms with Crippen LogP contribution >= 0.6 is 0 Å². The van der Waals surface area contributed by atoms with Crippen LogP contribution in [0.15, 0.2) is 70.4 Å². The van der Waals surface area contributed by atoms with Crippen LogP contribution in [-0.4, -0.2) is 8.07 Å². The van der Waals surface area contributed by atoms with Crippen molar-refractivity contribution in [3.63, 3.8) is 0 Å². The van der Waals surface area contributed by atoms with Crippen LogP contribution < -0.4 is 10.4 Å². The van der Waals surface area contributed by atoms with E-state index < -0.39 is 8.07 Å². The minimum absolute atomic E-state index is 0.527. The highest BCUT2D eigenvalue weighted by molar-refractivity contribution is 7.08. The van der Waals surface area contributed by atoms with Crippen molar-refractivity contribution in [1.29, 1.82) is 0 Å². The van der Waals surface area contributed by atoms with Gasteiger partial charge in [-0.3, -0.25) is 0 Å². The molecule has 0 nitrogen and oxygen atoms in total. The topological polar surface area (TPSA) is 0 Å². The minimum atomic E-state index is -2.16. The van der Waals surface area contributed by atoms with Crippen LogP contribution in [0.25, 0.3) is 0 Å². The predicted octanol–water partition coefficient (Wildman–Crippen LogP) is 6.63. The molecular weight excluding hydrogens is 364 g/mol. The molecule has 0 N–H and O–H groups in total. The smallest absolute Gasteiger partial charge is 0.0643 e. The first-order valence-electron chi connectivity index (χ1n) is 11.4. The van der Waals surface area contributed by atoms with Gasteiger partial charge in [-0.25, -0.2) is 0 Å². The summed E-state index contributed by atoms with van der Waals surface area (Å²) < 4.78 is 0. The Hall–Kier alpha value is -1.86. The van der Waals surface area contributed by atoms with Crippen molar-refractivity contribution in [3.8, 4) is 0 Å². The van der Waals surface area contributed by atoms with Crippen LogP contribution in [0.2, 0.25) is 5.54 Å². The molecule has 3 rings (SSSR count). The second-order valence-corrected chi connectivity index (χ2v) is 13.6. The van der Waals surface area contributed by atoms with Crippen LogP contribution in [0.1, 0.15) is 66.5 Å². The lowest BCUT2D eigenvalue weighted by atomic mass is 10.1. The lowest BCUT2D eigenvalue weighted by Crippen LogP contribution is -2.63. The van der Waals surface area contributed by atoms with E-state index >= 15 is 0 Å². The van der Waals surface area contributed by atoms with Gasteiger partial charge < -0.3 is 0 Å². The third-order valence-electron chi connectivity index (χ3n) is 7.48. The van der Waals surface area contributed by atoms with Crippen LogP contribution in [0, 0.1) is 5.92 Å². The maximum Gasteiger partial charge on any atom is 0.147 e. The molecule has 0 radical (unpaired) electrons. The zero-order valence-electron chi connectivity index (χ0n) is 19.7. The van der Waals surface area contributed by atoms with E-state index in [1.54, 1.807) is 26.7 Å². The quantitative estimate of drug-likeness (QED) is 0.476. The molecule has 0 bridgehead atoms. The first kappa shape index (κ1) is 21.8. The van der Waals surface area contributed by atoms with Crippen molar-refractivity contribution in [2.45, 2.75) is 73.8 Å². The van der Waals surface area contributed by atoms with Gasteiger partial charge in [-0.2, -0.15) is 0 Å². The van der Waals surface area contributed by atoms with E-state index in [9.17, 15) is 0 Å². The SMILES string of the molecule is CCc1cc(CC)cc([Si](C2=C(C)C(C)=C(C)C2C)(c2ccccc2)C(C)C)c1. The lowest BCUT2D eigenvalue weighted by molar-refractivity contribution is 0.839. The number of aryl methyl sites for hydroxylation is 2. The Morgan fingerprint density at radius 3 is 1.76 bits per heavy atom. The largest absolute Gasteiger partial charge is 0.147 e. The van der Waals surface area contributed by atoms with Crippen LogP contribution in [0.4, 0.5) is 0 Å². The van der Waals surface area contributed by atoms with Gasteiger partial charge in [0.15, 0.2) is 0 Å². The Kier molecular flexibility index (Phi) is 6.38. The van der Waals surface area contributed by atoms with Gasteiger partial charge in [0.2, 0.25) is 0 Å². The van der Waals surface area contributed by atoms with E-state index in [1.165, 1.54) is 16.7 Å². The number of hydrogen-bond donors (Lipinski definition) is 0. The van der Waals surface area contributed by atoms with Crippen molar-refractivity contribution in [2.24, 2.45) is 5.92 Å². The molecule has 154 valence electrons. The average molecular weight is 403 g/mol. The molecule has 2 aromatic carbocycles. The van der Waals surface area contributed by atoms with Gasteiger partial charge in [0.1, 0.15) is 8.07 Å². The van der Waals surface area contributed by atoms with Crippen molar-refractivity contribution in [3.05, 3.63) is 81.6 Å². The van der Waals surface area contributed by atoms with Gasteiger partial charge >= 0.3 is 0 Å². The molecular formula is C28H38Si. The third kappa shape index (κ3) is 3.48. The fourth-order valence-corrected chi connectivity index (χ4v) is 11.7. The molecule has 0 aliphatic heterocycles. The minimum Gasteiger partial charge on any atom is -0.0643 e. The van der Waals surface area contributed by atoms with Gasteiger partial charge in [0, 0.05) is 0 Å². The summed E-state index contributed by atoms with van der Waals surface area (Å²) in [5, 5.41) is 4.91. The van der Waals surface area contributed by atoms with Crippen molar-refractivity contribution >= 4 is 18.4 Å². The second kappa shape index (κ2) is 8.48. The van der Waals surface area contributed by atoms with Crippen LogP contribution in [0.5, 0.6) is 0 Å². The van der Waals surface area contributed by atoms with E-state index in [2.05, 4.69) is 104 Å². The van der Waals surface area contributed by atoms with Crippen molar-refractivity contribution < 1.29 is 0 Å². The Morgan fingerprint density at radius 2 is 1.34 bits per heavy atom. The maximum atomic E-state index is 2.55.